The van der Waals surface area contributed by atoms with Crippen molar-refractivity contribution >= 4 is 23.9 Å². The first-order valence-electron chi connectivity index (χ1n) is 10.5. The first kappa shape index (κ1) is 19.6. The molecule has 0 fully saturated rings. The predicted molar refractivity (Wildman–Crippen MR) is 133 cm³/mol. The van der Waals surface area contributed by atoms with Crippen LogP contribution >= 0.6 is 0 Å². The molecule has 1 aliphatic rings. The number of aromatic nitrogens is 2. The van der Waals surface area contributed by atoms with Gasteiger partial charge in [0.25, 0.3) is 0 Å². The van der Waals surface area contributed by atoms with Gasteiger partial charge in [0.1, 0.15) is 5.75 Å². The van der Waals surface area contributed by atoms with Gasteiger partial charge < -0.3 is 14.7 Å². The smallest absolute Gasteiger partial charge is 0.118 e. The van der Waals surface area contributed by atoms with Crippen LogP contribution in [0.2, 0.25) is 0 Å². The van der Waals surface area contributed by atoms with E-state index in [1.54, 1.807) is 7.11 Å². The molecule has 4 heteroatoms. The van der Waals surface area contributed by atoms with Crippen molar-refractivity contribution in [2.75, 3.05) is 7.11 Å². The zero-order valence-electron chi connectivity index (χ0n) is 17.7. The number of ether oxygens (including phenoxy) is 1. The molecule has 0 radical (unpaired) electrons. The predicted octanol–water partition coefficient (Wildman–Crippen LogP) is 6.59. The lowest BCUT2D eigenvalue weighted by Crippen LogP contribution is -1.92. The van der Waals surface area contributed by atoms with Crippen LogP contribution in [0.5, 0.6) is 5.75 Å². The second-order valence-corrected chi connectivity index (χ2v) is 7.48. The van der Waals surface area contributed by atoms with Crippen molar-refractivity contribution in [3.8, 4) is 17.1 Å². The first-order chi connectivity index (χ1) is 15.8. The average Bonchev–Trinajstić information content (AvgIpc) is 3.61. The first-order valence-corrected chi connectivity index (χ1v) is 10.5. The molecule has 0 saturated heterocycles. The third-order valence-electron chi connectivity index (χ3n) is 5.40. The molecule has 0 bridgehead atoms. The SMILES string of the molecule is COc1ccc(/C=C/c2ccc(-c3ccc(/C(=C4/C=CC=N4)c4ccccc4)[nH]3)[nH]2)cc1. The van der Waals surface area contributed by atoms with Crippen LogP contribution in [0.3, 0.4) is 0 Å². The van der Waals surface area contributed by atoms with Gasteiger partial charge in [-0.25, -0.2) is 0 Å². The van der Waals surface area contributed by atoms with E-state index in [9.17, 15) is 0 Å². The Balaban J connectivity index is 1.41. The number of nitrogens with zero attached hydrogens (tertiary/aromatic N) is 1. The second kappa shape index (κ2) is 8.82. The summed E-state index contributed by atoms with van der Waals surface area (Å²) in [6.07, 6.45) is 9.99. The van der Waals surface area contributed by atoms with Crippen LogP contribution < -0.4 is 4.74 Å². The summed E-state index contributed by atoms with van der Waals surface area (Å²) in [6, 6.07) is 26.7. The Kier molecular flexibility index (Phi) is 5.41. The standard InChI is InChI=1S/C28H23N3O/c1-32-23-14-10-20(11-15-23)9-12-22-13-16-24(30-22)25-17-18-27(31-25)28(26-8-5-19-29-26)21-6-3-2-4-7-21/h2-19,30-31H,1H3/b12-9+,28-26-. The number of aliphatic imine (C=N–C) groups is 1. The molecule has 4 nitrogen and oxygen atoms in total. The fourth-order valence-electron chi connectivity index (χ4n) is 3.76. The molecule has 1 aliphatic heterocycles. The summed E-state index contributed by atoms with van der Waals surface area (Å²) in [5.41, 5.74) is 8.44. The number of benzene rings is 2. The number of methoxy groups -OCH3 is 1. The molecule has 0 unspecified atom stereocenters. The maximum atomic E-state index is 5.22. The zero-order valence-corrected chi connectivity index (χ0v) is 17.7. The number of H-pyrrole nitrogens is 2. The van der Waals surface area contributed by atoms with E-state index < -0.39 is 0 Å². The van der Waals surface area contributed by atoms with Crippen LogP contribution in [0.1, 0.15) is 22.5 Å². The Morgan fingerprint density at radius 1 is 0.812 bits per heavy atom. The summed E-state index contributed by atoms with van der Waals surface area (Å²) in [7, 11) is 1.67. The van der Waals surface area contributed by atoms with Crippen molar-refractivity contribution < 1.29 is 4.74 Å². The van der Waals surface area contributed by atoms with Crippen molar-refractivity contribution in [3.05, 3.63) is 119 Å². The monoisotopic (exact) mass is 417 g/mol. The maximum Gasteiger partial charge on any atom is 0.118 e. The average molecular weight is 418 g/mol. The summed E-state index contributed by atoms with van der Waals surface area (Å²) < 4.78 is 5.22. The molecule has 0 atom stereocenters. The fourth-order valence-corrected chi connectivity index (χ4v) is 3.76. The molecule has 4 aromatic rings. The minimum Gasteiger partial charge on any atom is -0.497 e. The summed E-state index contributed by atoms with van der Waals surface area (Å²) in [5.74, 6) is 0.857. The third kappa shape index (κ3) is 4.12. The van der Waals surface area contributed by atoms with E-state index in [1.807, 2.05) is 48.7 Å². The lowest BCUT2D eigenvalue weighted by Gasteiger charge is -2.08. The number of hydrogen-bond acceptors (Lipinski definition) is 2. The molecule has 156 valence electrons. The van der Waals surface area contributed by atoms with Gasteiger partial charge in [0.2, 0.25) is 0 Å². The van der Waals surface area contributed by atoms with Crippen LogP contribution in [-0.4, -0.2) is 23.3 Å². The van der Waals surface area contributed by atoms with Crippen molar-refractivity contribution in [1.82, 2.24) is 9.97 Å². The molecule has 0 saturated carbocycles. The molecule has 0 aliphatic carbocycles. The van der Waals surface area contributed by atoms with Gasteiger partial charge in [-0.2, -0.15) is 0 Å². The minimum absolute atomic E-state index is 0.857. The van der Waals surface area contributed by atoms with Crippen LogP contribution in [0.25, 0.3) is 29.1 Å². The zero-order chi connectivity index (χ0) is 21.8. The van der Waals surface area contributed by atoms with Gasteiger partial charge in [-0.05, 0) is 65.8 Å². The topological polar surface area (TPSA) is 53.2 Å². The van der Waals surface area contributed by atoms with Gasteiger partial charge in [0, 0.05) is 23.2 Å². The van der Waals surface area contributed by atoms with Crippen LogP contribution in [0, 0.1) is 0 Å². The summed E-state index contributed by atoms with van der Waals surface area (Å²) in [5, 5.41) is 0. The van der Waals surface area contributed by atoms with Gasteiger partial charge in [-0.3, -0.25) is 4.99 Å². The van der Waals surface area contributed by atoms with E-state index in [4.69, 9.17) is 4.74 Å². The van der Waals surface area contributed by atoms with Crippen molar-refractivity contribution in [2.45, 2.75) is 0 Å². The highest BCUT2D eigenvalue weighted by molar-refractivity contribution is 5.88. The van der Waals surface area contributed by atoms with E-state index in [2.05, 4.69) is 75.6 Å². The Morgan fingerprint density at radius 2 is 1.59 bits per heavy atom. The molecular formula is C28H23N3O. The van der Waals surface area contributed by atoms with Gasteiger partial charge in [-0.1, -0.05) is 48.5 Å². The molecule has 32 heavy (non-hydrogen) atoms. The third-order valence-corrected chi connectivity index (χ3v) is 5.40. The van der Waals surface area contributed by atoms with Crippen molar-refractivity contribution in [3.63, 3.8) is 0 Å². The van der Waals surface area contributed by atoms with E-state index in [-0.39, 0.29) is 0 Å². The summed E-state index contributed by atoms with van der Waals surface area (Å²) >= 11 is 0. The van der Waals surface area contributed by atoms with Gasteiger partial charge in [-0.15, -0.1) is 0 Å². The molecule has 0 amide bonds. The summed E-state index contributed by atoms with van der Waals surface area (Å²) in [4.78, 5) is 11.6. The highest BCUT2D eigenvalue weighted by Gasteiger charge is 2.14. The van der Waals surface area contributed by atoms with Gasteiger partial charge >= 0.3 is 0 Å². The van der Waals surface area contributed by atoms with Gasteiger partial charge in [0.05, 0.1) is 24.2 Å². The highest BCUT2D eigenvalue weighted by atomic mass is 16.5. The van der Waals surface area contributed by atoms with E-state index in [1.165, 1.54) is 0 Å². The number of nitrogens with one attached hydrogen (secondary N) is 2. The number of allylic oxidation sites excluding steroid dienone is 2. The maximum absolute atomic E-state index is 5.22. The highest BCUT2D eigenvalue weighted by Crippen LogP contribution is 2.31. The lowest BCUT2D eigenvalue weighted by atomic mass is 10.0. The number of rotatable bonds is 6. The Morgan fingerprint density at radius 3 is 2.34 bits per heavy atom. The van der Waals surface area contributed by atoms with Crippen LogP contribution in [-0.2, 0) is 0 Å². The molecular weight excluding hydrogens is 394 g/mol. The largest absolute Gasteiger partial charge is 0.497 e. The lowest BCUT2D eigenvalue weighted by molar-refractivity contribution is 0.415. The molecule has 0 spiro atoms. The van der Waals surface area contributed by atoms with E-state index >= 15 is 0 Å². The molecule has 2 N–H and O–H groups in total. The second-order valence-electron chi connectivity index (χ2n) is 7.48. The van der Waals surface area contributed by atoms with Crippen molar-refractivity contribution in [2.24, 2.45) is 4.99 Å². The van der Waals surface area contributed by atoms with Crippen LogP contribution in [0.15, 0.2) is 102 Å². The van der Waals surface area contributed by atoms with E-state index in [0.717, 1.165) is 50.9 Å². The molecule has 5 rings (SSSR count). The minimum atomic E-state index is 0.857. The van der Waals surface area contributed by atoms with Gasteiger partial charge in [0.15, 0.2) is 0 Å². The summed E-state index contributed by atoms with van der Waals surface area (Å²) in [6.45, 7) is 0. The quantitative estimate of drug-likeness (QED) is 0.365. The molecule has 2 aromatic carbocycles. The number of aromatic amines is 2. The Labute approximate surface area is 187 Å². The fraction of sp³-hybridized carbons (Fsp3) is 0.0357. The van der Waals surface area contributed by atoms with Crippen LogP contribution in [0.4, 0.5) is 0 Å². The van der Waals surface area contributed by atoms with E-state index in [0.29, 0.717) is 0 Å². The number of hydrogen-bond donors (Lipinski definition) is 2. The normalized spacial score (nSPS) is 14.4. The molecule has 2 aromatic heterocycles. The molecule has 3 heterocycles. The Bertz CT molecular complexity index is 1320. The van der Waals surface area contributed by atoms with Crippen molar-refractivity contribution in [1.29, 1.82) is 0 Å². The Hall–Kier alpha value is -4.31.